The molecular weight excluding hydrogens is 224 g/mol. The van der Waals surface area contributed by atoms with Crippen LogP contribution in [0.5, 0.6) is 0 Å². The summed E-state index contributed by atoms with van der Waals surface area (Å²) in [5.74, 6) is 0. The van der Waals surface area contributed by atoms with E-state index in [2.05, 4.69) is 9.71 Å². The summed E-state index contributed by atoms with van der Waals surface area (Å²) in [6, 6.07) is 14.4. The minimum atomic E-state index is -2.53. The van der Waals surface area contributed by atoms with Crippen molar-refractivity contribution in [1.29, 1.82) is 0 Å². The summed E-state index contributed by atoms with van der Waals surface area (Å²) in [5.41, 5.74) is 0.596. The molecule has 0 bridgehead atoms. The molecule has 0 amide bonds. The van der Waals surface area contributed by atoms with Crippen molar-refractivity contribution < 1.29 is 8.42 Å². The van der Waals surface area contributed by atoms with E-state index in [1.165, 1.54) is 0 Å². The van der Waals surface area contributed by atoms with Gasteiger partial charge >= 0.3 is 0 Å². The quantitative estimate of drug-likeness (QED) is 0.780. The molecule has 0 spiro atoms. The van der Waals surface area contributed by atoms with Crippen LogP contribution in [0, 0.1) is 0 Å². The van der Waals surface area contributed by atoms with E-state index in [0.29, 0.717) is 5.69 Å². The fourth-order valence-electron chi connectivity index (χ4n) is 0.931. The van der Waals surface area contributed by atoms with Gasteiger partial charge in [0.1, 0.15) is 0 Å². The second-order valence-electron chi connectivity index (χ2n) is 2.76. The molecule has 0 aliphatic heterocycles. The molecular formula is C11H12N2O2S. The summed E-state index contributed by atoms with van der Waals surface area (Å²) in [4.78, 5) is 3.78. The molecule has 1 aromatic carbocycles. The van der Waals surface area contributed by atoms with Gasteiger partial charge in [-0.3, -0.25) is 9.71 Å². The van der Waals surface area contributed by atoms with Crippen molar-refractivity contribution in [2.45, 2.75) is 0 Å². The molecule has 1 heterocycles. The van der Waals surface area contributed by atoms with Crippen LogP contribution < -0.4 is 4.72 Å². The van der Waals surface area contributed by atoms with Crippen molar-refractivity contribution in [3.63, 3.8) is 0 Å². The van der Waals surface area contributed by atoms with Gasteiger partial charge in [0.2, 0.25) is 10.9 Å². The van der Waals surface area contributed by atoms with Crippen LogP contribution in [-0.2, 0) is 10.9 Å². The minimum absolute atomic E-state index is 0.596. The second-order valence-corrected chi connectivity index (χ2v) is 3.50. The lowest BCUT2D eigenvalue weighted by atomic mass is 10.3. The lowest BCUT2D eigenvalue weighted by molar-refractivity contribution is 0.619. The van der Waals surface area contributed by atoms with Crippen molar-refractivity contribution in [3.8, 4) is 0 Å². The molecule has 2 rings (SSSR count). The van der Waals surface area contributed by atoms with Gasteiger partial charge in [0, 0.05) is 18.1 Å². The number of hydrogen-bond acceptors (Lipinski definition) is 3. The highest BCUT2D eigenvalue weighted by atomic mass is 32.2. The van der Waals surface area contributed by atoms with Crippen LogP contribution in [0.25, 0.3) is 0 Å². The SMILES string of the molecule is O=[SH](=O)Nc1ccccc1.c1ccncc1. The third kappa shape index (κ3) is 5.77. The Morgan fingerprint density at radius 2 is 1.44 bits per heavy atom. The predicted octanol–water partition coefficient (Wildman–Crippen LogP) is 1.71. The first kappa shape index (κ1) is 12.2. The highest BCUT2D eigenvalue weighted by Crippen LogP contribution is 2.03. The average molecular weight is 236 g/mol. The average Bonchev–Trinajstić information content (AvgIpc) is 2.32. The van der Waals surface area contributed by atoms with Crippen molar-refractivity contribution in [2.24, 2.45) is 0 Å². The number of nitrogens with zero attached hydrogens (tertiary/aromatic N) is 1. The lowest BCUT2D eigenvalue weighted by Crippen LogP contribution is -1.93. The van der Waals surface area contributed by atoms with Crippen LogP contribution in [0.1, 0.15) is 0 Å². The molecule has 2 aromatic rings. The zero-order valence-electron chi connectivity index (χ0n) is 8.48. The summed E-state index contributed by atoms with van der Waals surface area (Å²) in [6.45, 7) is 0. The Morgan fingerprint density at radius 1 is 0.875 bits per heavy atom. The standard InChI is InChI=1S/C6H7NO2S.C5H5N/c8-10(9)7-6-4-2-1-3-5-6;1-2-4-6-5-3-1/h1-5,10H,(H,7,8,9);1-5H. The zero-order valence-corrected chi connectivity index (χ0v) is 9.38. The molecule has 0 saturated heterocycles. The fourth-order valence-corrected chi connectivity index (χ4v) is 1.29. The van der Waals surface area contributed by atoms with Gasteiger partial charge in [-0.2, -0.15) is 0 Å². The van der Waals surface area contributed by atoms with E-state index in [0.717, 1.165) is 0 Å². The van der Waals surface area contributed by atoms with E-state index in [1.807, 2.05) is 24.3 Å². The van der Waals surface area contributed by atoms with Gasteiger partial charge in [-0.05, 0) is 24.3 Å². The zero-order chi connectivity index (χ0) is 11.6. The van der Waals surface area contributed by atoms with E-state index >= 15 is 0 Å². The molecule has 84 valence electrons. The highest BCUT2D eigenvalue weighted by Gasteiger charge is 1.85. The van der Waals surface area contributed by atoms with Crippen LogP contribution >= 0.6 is 0 Å². The summed E-state index contributed by atoms with van der Waals surface area (Å²) in [7, 11) is -2.53. The van der Waals surface area contributed by atoms with Gasteiger partial charge < -0.3 is 0 Å². The van der Waals surface area contributed by atoms with Crippen LogP contribution in [-0.4, -0.2) is 13.4 Å². The van der Waals surface area contributed by atoms with Gasteiger partial charge in [0.05, 0.1) is 0 Å². The molecule has 0 aliphatic rings. The summed E-state index contributed by atoms with van der Waals surface area (Å²) >= 11 is 0. The Hall–Kier alpha value is -1.88. The smallest absolute Gasteiger partial charge is 0.222 e. The molecule has 0 atom stereocenters. The van der Waals surface area contributed by atoms with Crippen molar-refractivity contribution in [3.05, 3.63) is 60.9 Å². The Labute approximate surface area is 96.1 Å². The number of anilines is 1. The third-order valence-corrected chi connectivity index (χ3v) is 2.00. The Kier molecular flexibility index (Phi) is 5.65. The first-order chi connectivity index (χ1) is 7.79. The largest absolute Gasteiger partial charge is 0.286 e. The predicted molar refractivity (Wildman–Crippen MR) is 64.6 cm³/mol. The maximum atomic E-state index is 10.1. The molecule has 0 fully saturated rings. The Balaban J connectivity index is 0.000000181. The second kappa shape index (κ2) is 7.42. The van der Waals surface area contributed by atoms with Crippen molar-refractivity contribution in [2.75, 3.05) is 4.72 Å². The molecule has 0 saturated carbocycles. The maximum Gasteiger partial charge on any atom is 0.222 e. The van der Waals surface area contributed by atoms with Gasteiger partial charge in [0.15, 0.2) is 0 Å². The monoisotopic (exact) mass is 236 g/mol. The number of para-hydroxylation sites is 1. The number of rotatable bonds is 2. The Bertz CT molecular complexity index is 423. The number of thiol groups is 1. The summed E-state index contributed by atoms with van der Waals surface area (Å²) in [6.07, 6.45) is 3.50. The maximum absolute atomic E-state index is 10.1. The van der Waals surface area contributed by atoms with E-state index < -0.39 is 10.9 Å². The Morgan fingerprint density at radius 3 is 1.81 bits per heavy atom. The molecule has 16 heavy (non-hydrogen) atoms. The van der Waals surface area contributed by atoms with Gasteiger partial charge in [-0.1, -0.05) is 24.3 Å². The first-order valence-electron chi connectivity index (χ1n) is 4.60. The highest BCUT2D eigenvalue weighted by molar-refractivity contribution is 7.73. The molecule has 0 aliphatic carbocycles. The van der Waals surface area contributed by atoms with E-state index in [1.54, 1.807) is 36.7 Å². The van der Waals surface area contributed by atoms with Gasteiger partial charge in [-0.25, -0.2) is 8.42 Å². The van der Waals surface area contributed by atoms with Crippen LogP contribution in [0.15, 0.2) is 60.9 Å². The van der Waals surface area contributed by atoms with E-state index in [9.17, 15) is 8.42 Å². The van der Waals surface area contributed by atoms with Crippen LogP contribution in [0.2, 0.25) is 0 Å². The molecule has 0 radical (unpaired) electrons. The normalized spacial score (nSPS) is 9.06. The lowest BCUT2D eigenvalue weighted by Gasteiger charge is -1.94. The summed E-state index contributed by atoms with van der Waals surface area (Å²) in [5, 5.41) is 0. The number of nitrogens with one attached hydrogen (secondary N) is 1. The third-order valence-electron chi connectivity index (χ3n) is 1.56. The van der Waals surface area contributed by atoms with Crippen LogP contribution in [0.4, 0.5) is 5.69 Å². The molecule has 1 N–H and O–H groups in total. The van der Waals surface area contributed by atoms with Gasteiger partial charge in [0.25, 0.3) is 0 Å². The van der Waals surface area contributed by atoms with Crippen LogP contribution in [0.3, 0.4) is 0 Å². The molecule has 4 nitrogen and oxygen atoms in total. The molecule has 1 aromatic heterocycles. The van der Waals surface area contributed by atoms with E-state index in [4.69, 9.17) is 0 Å². The van der Waals surface area contributed by atoms with Gasteiger partial charge in [-0.15, -0.1) is 0 Å². The minimum Gasteiger partial charge on any atom is -0.286 e. The first-order valence-corrected chi connectivity index (χ1v) is 5.78. The van der Waals surface area contributed by atoms with Crippen molar-refractivity contribution in [1.82, 2.24) is 4.98 Å². The fraction of sp³-hybridized carbons (Fsp3) is 0. The molecule has 0 unspecified atom stereocenters. The van der Waals surface area contributed by atoms with E-state index in [-0.39, 0.29) is 0 Å². The molecule has 5 heteroatoms. The number of pyridine rings is 1. The number of benzene rings is 1. The number of aromatic nitrogens is 1. The summed E-state index contributed by atoms with van der Waals surface area (Å²) < 4.78 is 22.4. The van der Waals surface area contributed by atoms with Crippen molar-refractivity contribution >= 4 is 16.6 Å². The topological polar surface area (TPSA) is 59.1 Å². The number of hydrogen-bond donors (Lipinski definition) is 2.